The lowest BCUT2D eigenvalue weighted by Gasteiger charge is -2.07. The standard InChI is InChI=1S/C10H11N5/c1-2-9(1)15-4-3-13-10(15)14-8-5-11-7-12-6-8/h3-7,9H,1-2H2,(H,13,14). The molecule has 2 heterocycles. The van der Waals surface area contributed by atoms with Gasteiger partial charge in [-0.1, -0.05) is 0 Å². The smallest absolute Gasteiger partial charge is 0.207 e. The highest BCUT2D eigenvalue weighted by Crippen LogP contribution is 2.37. The number of nitrogens with zero attached hydrogens (tertiary/aromatic N) is 4. The van der Waals surface area contributed by atoms with Crippen LogP contribution in [0.25, 0.3) is 0 Å². The first-order valence-corrected chi connectivity index (χ1v) is 4.98. The summed E-state index contributed by atoms with van der Waals surface area (Å²) in [5.41, 5.74) is 0.866. The minimum absolute atomic E-state index is 0.625. The molecular weight excluding hydrogens is 190 g/mol. The van der Waals surface area contributed by atoms with E-state index in [-0.39, 0.29) is 0 Å². The molecule has 0 atom stereocenters. The van der Waals surface area contributed by atoms with Crippen molar-refractivity contribution < 1.29 is 0 Å². The van der Waals surface area contributed by atoms with E-state index in [0.717, 1.165) is 11.6 Å². The topological polar surface area (TPSA) is 55.6 Å². The van der Waals surface area contributed by atoms with E-state index in [1.807, 2.05) is 12.4 Å². The monoisotopic (exact) mass is 201 g/mol. The van der Waals surface area contributed by atoms with E-state index in [9.17, 15) is 0 Å². The third-order valence-corrected chi connectivity index (χ3v) is 2.43. The van der Waals surface area contributed by atoms with Crippen LogP contribution < -0.4 is 5.32 Å². The molecule has 1 aliphatic rings. The van der Waals surface area contributed by atoms with Crippen molar-refractivity contribution in [2.75, 3.05) is 5.32 Å². The van der Waals surface area contributed by atoms with Crippen LogP contribution in [0.4, 0.5) is 11.6 Å². The highest BCUT2D eigenvalue weighted by molar-refractivity contribution is 5.50. The van der Waals surface area contributed by atoms with Crippen molar-refractivity contribution in [2.45, 2.75) is 18.9 Å². The Balaban J connectivity index is 1.84. The summed E-state index contributed by atoms with van der Waals surface area (Å²) in [7, 11) is 0. The Morgan fingerprint density at radius 1 is 1.27 bits per heavy atom. The molecule has 0 aliphatic heterocycles. The zero-order valence-electron chi connectivity index (χ0n) is 8.17. The van der Waals surface area contributed by atoms with Gasteiger partial charge in [-0.25, -0.2) is 15.0 Å². The van der Waals surface area contributed by atoms with Crippen LogP contribution >= 0.6 is 0 Å². The van der Waals surface area contributed by atoms with Gasteiger partial charge in [0.25, 0.3) is 0 Å². The van der Waals surface area contributed by atoms with E-state index < -0.39 is 0 Å². The van der Waals surface area contributed by atoms with Crippen LogP contribution in [0, 0.1) is 0 Å². The zero-order chi connectivity index (χ0) is 10.1. The van der Waals surface area contributed by atoms with Crippen molar-refractivity contribution in [3.8, 4) is 0 Å². The fourth-order valence-corrected chi connectivity index (χ4v) is 1.55. The molecule has 0 unspecified atom stereocenters. The van der Waals surface area contributed by atoms with Crippen molar-refractivity contribution >= 4 is 11.6 Å². The summed E-state index contributed by atoms with van der Waals surface area (Å²) in [5, 5.41) is 3.20. The summed E-state index contributed by atoms with van der Waals surface area (Å²) in [6, 6.07) is 0.625. The van der Waals surface area contributed by atoms with Crippen molar-refractivity contribution in [3.05, 3.63) is 31.1 Å². The fraction of sp³-hybridized carbons (Fsp3) is 0.300. The lowest BCUT2D eigenvalue weighted by Crippen LogP contribution is -2.01. The first kappa shape index (κ1) is 8.40. The van der Waals surface area contributed by atoms with Crippen molar-refractivity contribution in [1.82, 2.24) is 19.5 Å². The van der Waals surface area contributed by atoms with Gasteiger partial charge in [-0.2, -0.15) is 0 Å². The number of nitrogens with one attached hydrogen (secondary N) is 1. The number of aromatic nitrogens is 4. The highest BCUT2D eigenvalue weighted by atomic mass is 15.2. The van der Waals surface area contributed by atoms with Gasteiger partial charge in [-0.05, 0) is 12.8 Å². The van der Waals surface area contributed by atoms with Crippen LogP contribution in [0.3, 0.4) is 0 Å². The Bertz CT molecular complexity index is 446. The molecule has 0 amide bonds. The average Bonchev–Trinajstić information content (AvgIpc) is 3.02. The molecular formula is C10H11N5. The molecule has 1 fully saturated rings. The molecule has 5 nitrogen and oxygen atoms in total. The van der Waals surface area contributed by atoms with Crippen LogP contribution in [-0.4, -0.2) is 19.5 Å². The lowest BCUT2D eigenvalue weighted by molar-refractivity contribution is 0.751. The average molecular weight is 201 g/mol. The minimum Gasteiger partial charge on any atom is -0.323 e. The molecule has 15 heavy (non-hydrogen) atoms. The Morgan fingerprint density at radius 3 is 2.80 bits per heavy atom. The summed E-state index contributed by atoms with van der Waals surface area (Å²) < 4.78 is 2.16. The molecule has 2 aromatic rings. The van der Waals surface area contributed by atoms with Gasteiger partial charge in [0.1, 0.15) is 6.33 Å². The van der Waals surface area contributed by atoms with Gasteiger partial charge in [0.05, 0.1) is 18.1 Å². The number of imidazole rings is 1. The Labute approximate surface area is 87.2 Å². The molecule has 0 spiro atoms. The van der Waals surface area contributed by atoms with Gasteiger partial charge >= 0.3 is 0 Å². The third kappa shape index (κ3) is 1.68. The van der Waals surface area contributed by atoms with E-state index >= 15 is 0 Å². The molecule has 0 radical (unpaired) electrons. The van der Waals surface area contributed by atoms with Gasteiger partial charge in [0.2, 0.25) is 5.95 Å². The summed E-state index contributed by atoms with van der Waals surface area (Å²) in [5.74, 6) is 0.868. The number of hydrogen-bond donors (Lipinski definition) is 1. The molecule has 0 aromatic carbocycles. The van der Waals surface area contributed by atoms with Gasteiger partial charge in [-0.15, -0.1) is 0 Å². The number of hydrogen-bond acceptors (Lipinski definition) is 4. The van der Waals surface area contributed by atoms with Crippen LogP contribution in [0.5, 0.6) is 0 Å². The first-order chi connectivity index (χ1) is 7.43. The molecule has 2 aromatic heterocycles. The van der Waals surface area contributed by atoms with Gasteiger partial charge in [0.15, 0.2) is 0 Å². The minimum atomic E-state index is 0.625. The molecule has 76 valence electrons. The van der Waals surface area contributed by atoms with Crippen molar-refractivity contribution in [2.24, 2.45) is 0 Å². The molecule has 1 saturated carbocycles. The Hall–Kier alpha value is -1.91. The highest BCUT2D eigenvalue weighted by Gasteiger charge is 2.25. The summed E-state index contributed by atoms with van der Waals surface area (Å²) in [6.07, 6.45) is 11.3. The molecule has 1 N–H and O–H groups in total. The maximum Gasteiger partial charge on any atom is 0.207 e. The number of anilines is 2. The van der Waals surface area contributed by atoms with E-state index in [4.69, 9.17) is 0 Å². The Kier molecular flexibility index (Phi) is 1.87. The van der Waals surface area contributed by atoms with Crippen molar-refractivity contribution in [3.63, 3.8) is 0 Å². The van der Waals surface area contributed by atoms with Crippen LogP contribution in [0.2, 0.25) is 0 Å². The van der Waals surface area contributed by atoms with Crippen LogP contribution in [0.15, 0.2) is 31.1 Å². The first-order valence-electron chi connectivity index (χ1n) is 4.98. The van der Waals surface area contributed by atoms with Gasteiger partial charge in [0, 0.05) is 18.4 Å². The quantitative estimate of drug-likeness (QED) is 0.822. The summed E-state index contributed by atoms with van der Waals surface area (Å²) >= 11 is 0. The molecule has 0 bridgehead atoms. The zero-order valence-corrected chi connectivity index (χ0v) is 8.17. The van der Waals surface area contributed by atoms with E-state index in [0.29, 0.717) is 6.04 Å². The maximum atomic E-state index is 4.27. The second kappa shape index (κ2) is 3.34. The van der Waals surface area contributed by atoms with E-state index in [1.165, 1.54) is 19.2 Å². The predicted octanol–water partition coefficient (Wildman–Crippen LogP) is 1.75. The second-order valence-corrected chi connectivity index (χ2v) is 3.64. The van der Waals surface area contributed by atoms with Gasteiger partial charge in [-0.3, -0.25) is 0 Å². The van der Waals surface area contributed by atoms with Crippen LogP contribution in [0.1, 0.15) is 18.9 Å². The summed E-state index contributed by atoms with van der Waals surface area (Å²) in [6.45, 7) is 0. The summed E-state index contributed by atoms with van der Waals surface area (Å²) in [4.78, 5) is 12.2. The Morgan fingerprint density at radius 2 is 2.07 bits per heavy atom. The predicted molar refractivity (Wildman–Crippen MR) is 55.8 cm³/mol. The second-order valence-electron chi connectivity index (χ2n) is 3.64. The van der Waals surface area contributed by atoms with Crippen LogP contribution in [-0.2, 0) is 0 Å². The normalized spacial score (nSPS) is 15.2. The molecule has 3 rings (SSSR count). The lowest BCUT2D eigenvalue weighted by atomic mass is 10.5. The maximum absolute atomic E-state index is 4.27. The van der Waals surface area contributed by atoms with E-state index in [1.54, 1.807) is 12.4 Å². The molecule has 1 aliphatic carbocycles. The molecule has 0 saturated heterocycles. The van der Waals surface area contributed by atoms with Gasteiger partial charge < -0.3 is 9.88 Å². The molecule has 5 heteroatoms. The third-order valence-electron chi connectivity index (χ3n) is 2.43. The number of rotatable bonds is 3. The fourth-order valence-electron chi connectivity index (χ4n) is 1.55. The largest absolute Gasteiger partial charge is 0.323 e. The SMILES string of the molecule is c1ncc(Nc2nccn2C2CC2)cn1. The van der Waals surface area contributed by atoms with Crippen molar-refractivity contribution in [1.29, 1.82) is 0 Å². The van der Waals surface area contributed by atoms with E-state index in [2.05, 4.69) is 24.8 Å².